The molecule has 2 rings (SSSR count). The highest BCUT2D eigenvalue weighted by atomic mass is 16.6. The molecule has 3 atom stereocenters. The van der Waals surface area contributed by atoms with Gasteiger partial charge in [0.05, 0.1) is 19.1 Å². The van der Waals surface area contributed by atoms with Crippen molar-refractivity contribution in [1.29, 1.82) is 0 Å². The summed E-state index contributed by atoms with van der Waals surface area (Å²) in [5.41, 5.74) is -1.44. The van der Waals surface area contributed by atoms with Gasteiger partial charge in [-0.1, -0.05) is 27.7 Å². The second-order valence-corrected chi connectivity index (χ2v) is 13.3. The number of esters is 1. The van der Waals surface area contributed by atoms with E-state index in [4.69, 9.17) is 14.2 Å². The Labute approximate surface area is 222 Å². The van der Waals surface area contributed by atoms with Crippen LogP contribution in [-0.4, -0.2) is 57.5 Å². The van der Waals surface area contributed by atoms with E-state index in [0.29, 0.717) is 18.5 Å². The van der Waals surface area contributed by atoms with Crippen LogP contribution in [0.25, 0.3) is 0 Å². The van der Waals surface area contributed by atoms with Crippen LogP contribution in [0.15, 0.2) is 12.5 Å². The third-order valence-electron chi connectivity index (χ3n) is 6.62. The number of ether oxygens (including phenoxy) is 3. The SMILES string of the molecule is COC(=O)[C@]1(c2cn(CCC(C)(C)C)cn2)[C@H](CCCN(C(=O)OC(C)(C)C)C(=O)OC(C)(C)C)[C@@H]1C. The number of imidazole rings is 1. The number of aryl methyl sites for hydroxylation is 1. The van der Waals surface area contributed by atoms with Crippen LogP contribution >= 0.6 is 0 Å². The molecule has 1 saturated carbocycles. The Bertz CT molecular complexity index is 938. The van der Waals surface area contributed by atoms with Crippen LogP contribution in [0.3, 0.4) is 0 Å². The van der Waals surface area contributed by atoms with Gasteiger partial charge in [0.2, 0.25) is 0 Å². The zero-order valence-corrected chi connectivity index (χ0v) is 24.6. The second-order valence-electron chi connectivity index (χ2n) is 13.3. The van der Waals surface area contributed by atoms with E-state index >= 15 is 0 Å². The minimum atomic E-state index is -0.829. The smallest absolute Gasteiger partial charge is 0.419 e. The molecular weight excluding hydrogens is 474 g/mol. The summed E-state index contributed by atoms with van der Waals surface area (Å²) < 4.78 is 18.1. The lowest BCUT2D eigenvalue weighted by molar-refractivity contribution is -0.144. The zero-order chi connectivity index (χ0) is 28.4. The summed E-state index contributed by atoms with van der Waals surface area (Å²) >= 11 is 0. The number of nitrogens with zero attached hydrogens (tertiary/aromatic N) is 3. The molecule has 0 spiro atoms. The first-order valence-corrected chi connectivity index (χ1v) is 13.2. The first kappa shape index (κ1) is 30.6. The van der Waals surface area contributed by atoms with Crippen molar-refractivity contribution in [2.75, 3.05) is 13.7 Å². The van der Waals surface area contributed by atoms with Crippen molar-refractivity contribution in [1.82, 2.24) is 14.5 Å². The minimum Gasteiger partial charge on any atom is -0.468 e. The van der Waals surface area contributed by atoms with Crippen LogP contribution < -0.4 is 0 Å². The van der Waals surface area contributed by atoms with E-state index in [-0.39, 0.29) is 29.8 Å². The largest absolute Gasteiger partial charge is 0.468 e. The molecule has 0 unspecified atom stereocenters. The van der Waals surface area contributed by atoms with Gasteiger partial charge in [-0.15, -0.1) is 0 Å². The molecule has 1 heterocycles. The van der Waals surface area contributed by atoms with Crippen molar-refractivity contribution < 1.29 is 28.6 Å². The summed E-state index contributed by atoms with van der Waals surface area (Å²) in [7, 11) is 1.40. The monoisotopic (exact) mass is 521 g/mol. The van der Waals surface area contributed by atoms with Crippen molar-refractivity contribution >= 4 is 18.2 Å². The average molecular weight is 522 g/mol. The molecule has 0 bridgehead atoms. The van der Waals surface area contributed by atoms with E-state index in [2.05, 4.69) is 25.8 Å². The molecule has 0 N–H and O–H groups in total. The molecule has 1 aliphatic carbocycles. The number of amides is 2. The molecule has 0 saturated heterocycles. The quantitative estimate of drug-likeness (QED) is 0.308. The molecule has 1 fully saturated rings. The number of hydrogen-bond acceptors (Lipinski definition) is 7. The topological polar surface area (TPSA) is 100.0 Å². The molecule has 1 aliphatic rings. The van der Waals surface area contributed by atoms with Gasteiger partial charge < -0.3 is 18.8 Å². The molecule has 0 aromatic carbocycles. The Kier molecular flexibility index (Phi) is 9.14. The van der Waals surface area contributed by atoms with Crippen molar-refractivity contribution in [3.8, 4) is 0 Å². The molecular formula is C28H47N3O6. The van der Waals surface area contributed by atoms with Crippen LogP contribution in [0.5, 0.6) is 0 Å². The Morgan fingerprint density at radius 1 is 1.00 bits per heavy atom. The lowest BCUT2D eigenvalue weighted by Crippen LogP contribution is -2.44. The van der Waals surface area contributed by atoms with Crippen LogP contribution in [0.2, 0.25) is 0 Å². The van der Waals surface area contributed by atoms with Gasteiger partial charge in [0.1, 0.15) is 16.6 Å². The van der Waals surface area contributed by atoms with E-state index in [0.717, 1.165) is 17.9 Å². The Morgan fingerprint density at radius 2 is 1.54 bits per heavy atom. The van der Waals surface area contributed by atoms with Crippen LogP contribution in [0, 0.1) is 17.3 Å². The maximum absolute atomic E-state index is 13.0. The van der Waals surface area contributed by atoms with Crippen molar-refractivity contribution in [3.05, 3.63) is 18.2 Å². The van der Waals surface area contributed by atoms with Crippen molar-refractivity contribution in [3.63, 3.8) is 0 Å². The zero-order valence-electron chi connectivity index (χ0n) is 24.6. The van der Waals surface area contributed by atoms with Gasteiger partial charge in [-0.25, -0.2) is 19.5 Å². The van der Waals surface area contributed by atoms with Gasteiger partial charge in [0.25, 0.3) is 0 Å². The van der Waals surface area contributed by atoms with Gasteiger partial charge in [0.15, 0.2) is 0 Å². The first-order chi connectivity index (χ1) is 16.8. The standard InChI is InChI=1S/C28H47N3O6/c1-19-20(13-12-15-31(23(33)36-26(5,6)7)24(34)37-27(8,9)10)28(19,22(32)35-11)21-17-30(18-29-21)16-14-25(2,3)4/h17-20H,12-16H2,1-11H3/t19-,20+,28-/m0/s1. The van der Waals surface area contributed by atoms with Gasteiger partial charge in [-0.05, 0) is 78.1 Å². The minimum absolute atomic E-state index is 0.0161. The molecule has 0 aliphatic heterocycles. The highest BCUT2D eigenvalue weighted by molar-refractivity contribution is 5.88. The number of rotatable bonds is 8. The normalized spacial score (nSPS) is 21.8. The lowest BCUT2D eigenvalue weighted by atomic mass is 9.92. The number of carbonyl (C=O) groups excluding carboxylic acids is 3. The van der Waals surface area contributed by atoms with E-state index < -0.39 is 28.8 Å². The highest BCUT2D eigenvalue weighted by Gasteiger charge is 2.69. The van der Waals surface area contributed by atoms with E-state index in [1.54, 1.807) is 47.9 Å². The molecule has 9 heteroatoms. The van der Waals surface area contributed by atoms with Crippen molar-refractivity contribution in [2.45, 2.75) is 112 Å². The van der Waals surface area contributed by atoms with Crippen LogP contribution in [0.1, 0.15) is 94.2 Å². The van der Waals surface area contributed by atoms with Gasteiger partial charge in [0, 0.05) is 19.3 Å². The number of imide groups is 1. The molecule has 9 nitrogen and oxygen atoms in total. The van der Waals surface area contributed by atoms with Gasteiger partial charge in [-0.3, -0.25) is 4.79 Å². The molecule has 0 radical (unpaired) electrons. The predicted octanol–water partition coefficient (Wildman–Crippen LogP) is 5.95. The summed E-state index contributed by atoms with van der Waals surface area (Å²) in [6, 6.07) is 0. The second kappa shape index (κ2) is 11.0. The third kappa shape index (κ3) is 7.95. The summed E-state index contributed by atoms with van der Waals surface area (Å²) in [4.78, 5) is 44.2. The number of hydrogen-bond donors (Lipinski definition) is 0. The third-order valence-corrected chi connectivity index (χ3v) is 6.62. The molecule has 210 valence electrons. The predicted molar refractivity (Wildman–Crippen MR) is 141 cm³/mol. The fraction of sp³-hybridized carbons (Fsp3) is 0.786. The van der Waals surface area contributed by atoms with Crippen LogP contribution in [-0.2, 0) is 31.0 Å². The number of methoxy groups -OCH3 is 1. The lowest BCUT2D eigenvalue weighted by Gasteiger charge is -2.28. The maximum atomic E-state index is 13.0. The fourth-order valence-corrected chi connectivity index (χ4v) is 4.68. The van der Waals surface area contributed by atoms with Gasteiger partial charge >= 0.3 is 18.2 Å². The highest BCUT2D eigenvalue weighted by Crippen LogP contribution is 2.62. The Balaban J connectivity index is 2.16. The summed E-state index contributed by atoms with van der Waals surface area (Å²) in [6.45, 7) is 20.0. The fourth-order valence-electron chi connectivity index (χ4n) is 4.68. The van der Waals surface area contributed by atoms with E-state index in [9.17, 15) is 14.4 Å². The van der Waals surface area contributed by atoms with E-state index in [1.165, 1.54) is 7.11 Å². The summed E-state index contributed by atoms with van der Waals surface area (Å²) in [5.74, 6) is -0.310. The van der Waals surface area contributed by atoms with Crippen molar-refractivity contribution in [2.24, 2.45) is 17.3 Å². The van der Waals surface area contributed by atoms with Gasteiger partial charge in [-0.2, -0.15) is 0 Å². The Morgan fingerprint density at radius 3 is 2.00 bits per heavy atom. The molecule has 2 amide bonds. The first-order valence-electron chi connectivity index (χ1n) is 13.2. The van der Waals surface area contributed by atoms with Crippen LogP contribution in [0.4, 0.5) is 9.59 Å². The molecule has 1 aromatic heterocycles. The van der Waals surface area contributed by atoms with E-state index in [1.807, 2.05) is 17.7 Å². The number of aromatic nitrogens is 2. The molecule has 37 heavy (non-hydrogen) atoms. The summed E-state index contributed by atoms with van der Waals surface area (Å²) in [5, 5.41) is 0. The Hall–Kier alpha value is -2.58. The number of carbonyl (C=O) groups is 3. The maximum Gasteiger partial charge on any atom is 0.419 e. The average Bonchev–Trinajstić information content (AvgIpc) is 3.06. The summed E-state index contributed by atoms with van der Waals surface area (Å²) in [6.07, 6.45) is 4.31. The molecule has 1 aromatic rings.